The number of rotatable bonds is 0. The Bertz CT molecular complexity index is 591. The third kappa shape index (κ3) is 2.36. The standard InChI is InChI=1S/C14H18FNO2S/c15-11-4-5-13-12(8-11)16-9-14(10-19(13,17)18)6-2-1-3-7-14/h4-5,8,16H,1-3,6-7,9-10H2. The maximum Gasteiger partial charge on any atom is 0.181 e. The zero-order valence-electron chi connectivity index (χ0n) is 10.8. The topological polar surface area (TPSA) is 46.2 Å². The zero-order chi connectivity index (χ0) is 13.5. The van der Waals surface area contributed by atoms with Gasteiger partial charge in [0, 0.05) is 12.0 Å². The normalized spacial score (nSPS) is 24.3. The van der Waals surface area contributed by atoms with Crippen LogP contribution in [0.2, 0.25) is 0 Å². The van der Waals surface area contributed by atoms with Crippen LogP contribution in [0.4, 0.5) is 10.1 Å². The summed E-state index contributed by atoms with van der Waals surface area (Å²) in [5.41, 5.74) is 0.245. The first-order valence-electron chi connectivity index (χ1n) is 6.77. The molecule has 1 N–H and O–H groups in total. The van der Waals surface area contributed by atoms with Gasteiger partial charge in [-0.05, 0) is 31.0 Å². The molecule has 0 atom stereocenters. The highest BCUT2D eigenvalue weighted by molar-refractivity contribution is 7.91. The highest BCUT2D eigenvalue weighted by Gasteiger charge is 2.40. The highest BCUT2D eigenvalue weighted by atomic mass is 32.2. The largest absolute Gasteiger partial charge is 0.383 e. The van der Waals surface area contributed by atoms with Crippen LogP contribution in [0.25, 0.3) is 0 Å². The van der Waals surface area contributed by atoms with Gasteiger partial charge in [-0.2, -0.15) is 0 Å². The van der Waals surface area contributed by atoms with Crippen molar-refractivity contribution in [1.29, 1.82) is 0 Å². The Balaban J connectivity index is 2.03. The Kier molecular flexibility index (Phi) is 3.04. The average molecular weight is 283 g/mol. The number of nitrogens with one attached hydrogen (secondary N) is 1. The van der Waals surface area contributed by atoms with E-state index in [0.717, 1.165) is 25.7 Å². The molecule has 0 unspecified atom stereocenters. The Labute approximate surface area is 113 Å². The van der Waals surface area contributed by atoms with Gasteiger partial charge in [0.2, 0.25) is 0 Å². The maximum absolute atomic E-state index is 13.3. The van der Waals surface area contributed by atoms with Gasteiger partial charge in [0.25, 0.3) is 0 Å². The summed E-state index contributed by atoms with van der Waals surface area (Å²) in [4.78, 5) is 0.247. The Morgan fingerprint density at radius 2 is 1.89 bits per heavy atom. The lowest BCUT2D eigenvalue weighted by molar-refractivity contribution is 0.237. The molecule has 1 aliphatic heterocycles. The van der Waals surface area contributed by atoms with Crippen LogP contribution in [0, 0.1) is 11.2 Å². The van der Waals surface area contributed by atoms with Crippen molar-refractivity contribution < 1.29 is 12.8 Å². The first kappa shape index (κ1) is 12.9. The third-order valence-electron chi connectivity index (χ3n) is 4.34. The molecule has 0 aromatic heterocycles. The first-order valence-corrected chi connectivity index (χ1v) is 8.42. The van der Waals surface area contributed by atoms with Crippen molar-refractivity contribution in [2.75, 3.05) is 17.6 Å². The quantitative estimate of drug-likeness (QED) is 0.745. The van der Waals surface area contributed by atoms with Crippen LogP contribution in [0.3, 0.4) is 0 Å². The number of sulfone groups is 1. The fourth-order valence-electron chi connectivity index (χ4n) is 3.35. The predicted molar refractivity (Wildman–Crippen MR) is 72.5 cm³/mol. The summed E-state index contributed by atoms with van der Waals surface area (Å²) in [5.74, 6) is -0.216. The molecular weight excluding hydrogens is 265 g/mol. The van der Waals surface area contributed by atoms with Crippen LogP contribution < -0.4 is 5.32 Å². The summed E-state index contributed by atoms with van der Waals surface area (Å²) < 4.78 is 38.3. The Hall–Kier alpha value is -1.10. The fraction of sp³-hybridized carbons (Fsp3) is 0.571. The highest BCUT2D eigenvalue weighted by Crippen LogP contribution is 2.42. The molecule has 0 bridgehead atoms. The van der Waals surface area contributed by atoms with E-state index in [9.17, 15) is 12.8 Å². The van der Waals surface area contributed by atoms with Gasteiger partial charge in [-0.3, -0.25) is 0 Å². The average Bonchev–Trinajstić information content (AvgIpc) is 2.46. The minimum Gasteiger partial charge on any atom is -0.383 e. The first-order chi connectivity index (χ1) is 9.01. The summed E-state index contributed by atoms with van der Waals surface area (Å²) in [5, 5.41) is 3.16. The van der Waals surface area contributed by atoms with Gasteiger partial charge < -0.3 is 5.32 Å². The van der Waals surface area contributed by atoms with E-state index in [4.69, 9.17) is 0 Å². The molecule has 5 heteroatoms. The molecule has 1 heterocycles. The lowest BCUT2D eigenvalue weighted by Crippen LogP contribution is -2.36. The van der Waals surface area contributed by atoms with Gasteiger partial charge in [-0.25, -0.2) is 12.8 Å². The number of halogens is 1. The Morgan fingerprint density at radius 3 is 2.63 bits per heavy atom. The maximum atomic E-state index is 13.3. The van der Waals surface area contributed by atoms with Gasteiger partial charge in [0.15, 0.2) is 9.84 Å². The molecule has 0 radical (unpaired) electrons. The van der Waals surface area contributed by atoms with Crippen LogP contribution in [0.15, 0.2) is 23.1 Å². The van der Waals surface area contributed by atoms with Crippen molar-refractivity contribution in [3.05, 3.63) is 24.0 Å². The van der Waals surface area contributed by atoms with E-state index in [1.54, 1.807) is 0 Å². The van der Waals surface area contributed by atoms with Crippen molar-refractivity contribution in [3.8, 4) is 0 Å². The van der Waals surface area contributed by atoms with Crippen molar-refractivity contribution in [2.45, 2.75) is 37.0 Å². The molecule has 1 spiro atoms. The molecule has 19 heavy (non-hydrogen) atoms. The van der Waals surface area contributed by atoms with Crippen LogP contribution in [-0.4, -0.2) is 20.7 Å². The zero-order valence-corrected chi connectivity index (χ0v) is 11.6. The molecule has 1 saturated carbocycles. The summed E-state index contributed by atoms with van der Waals surface area (Å²) in [7, 11) is -3.33. The summed E-state index contributed by atoms with van der Waals surface area (Å²) in [6.45, 7) is 0.628. The lowest BCUT2D eigenvalue weighted by Gasteiger charge is -2.35. The van der Waals surface area contributed by atoms with Crippen LogP contribution >= 0.6 is 0 Å². The van der Waals surface area contributed by atoms with E-state index in [1.165, 1.54) is 24.6 Å². The van der Waals surface area contributed by atoms with E-state index in [-0.39, 0.29) is 16.1 Å². The SMILES string of the molecule is O=S1(=O)CC2(CCCCC2)CNc2cc(F)ccc21. The van der Waals surface area contributed by atoms with E-state index in [1.807, 2.05) is 0 Å². The minimum absolute atomic E-state index is 0.174. The fourth-order valence-corrected chi connectivity index (χ4v) is 5.44. The number of fused-ring (bicyclic) bond motifs is 1. The molecule has 3 nitrogen and oxygen atoms in total. The second-order valence-electron chi connectivity index (χ2n) is 5.81. The van der Waals surface area contributed by atoms with Gasteiger partial charge in [-0.15, -0.1) is 0 Å². The molecule has 0 amide bonds. The molecule has 2 aliphatic rings. The second-order valence-corrected chi connectivity index (χ2v) is 7.77. The Morgan fingerprint density at radius 1 is 1.16 bits per heavy atom. The number of hydrogen-bond donors (Lipinski definition) is 1. The molecule has 1 aromatic carbocycles. The molecule has 3 rings (SSSR count). The number of benzene rings is 1. The number of hydrogen-bond acceptors (Lipinski definition) is 3. The predicted octanol–water partition coefficient (Wildman–Crippen LogP) is 2.98. The molecule has 1 aliphatic carbocycles. The van der Waals surface area contributed by atoms with Gasteiger partial charge in [0.05, 0.1) is 16.3 Å². The van der Waals surface area contributed by atoms with E-state index < -0.39 is 15.7 Å². The molecule has 1 aromatic rings. The van der Waals surface area contributed by atoms with Gasteiger partial charge in [0.1, 0.15) is 5.82 Å². The number of anilines is 1. The van der Waals surface area contributed by atoms with Crippen molar-refractivity contribution in [1.82, 2.24) is 0 Å². The second kappa shape index (κ2) is 4.47. The minimum atomic E-state index is -3.33. The van der Waals surface area contributed by atoms with Gasteiger partial charge in [-0.1, -0.05) is 19.3 Å². The summed E-state index contributed by atoms with van der Waals surface area (Å²) in [6.07, 6.45) is 5.23. The van der Waals surface area contributed by atoms with Crippen molar-refractivity contribution in [3.63, 3.8) is 0 Å². The van der Waals surface area contributed by atoms with Gasteiger partial charge >= 0.3 is 0 Å². The third-order valence-corrected chi connectivity index (χ3v) is 6.36. The van der Waals surface area contributed by atoms with Crippen molar-refractivity contribution in [2.24, 2.45) is 5.41 Å². The van der Waals surface area contributed by atoms with Crippen LogP contribution in [0.5, 0.6) is 0 Å². The smallest absolute Gasteiger partial charge is 0.181 e. The molecular formula is C14H18FNO2S. The van der Waals surface area contributed by atoms with E-state index >= 15 is 0 Å². The summed E-state index contributed by atoms with van der Waals surface area (Å²) in [6, 6.07) is 3.89. The van der Waals surface area contributed by atoms with Crippen molar-refractivity contribution >= 4 is 15.5 Å². The monoisotopic (exact) mass is 283 g/mol. The summed E-state index contributed by atoms with van der Waals surface area (Å²) >= 11 is 0. The lowest BCUT2D eigenvalue weighted by atomic mass is 9.75. The van der Waals surface area contributed by atoms with E-state index in [2.05, 4.69) is 5.32 Å². The van der Waals surface area contributed by atoms with Crippen LogP contribution in [-0.2, 0) is 9.84 Å². The van der Waals surface area contributed by atoms with E-state index in [0.29, 0.717) is 12.2 Å². The van der Waals surface area contributed by atoms with Crippen LogP contribution in [0.1, 0.15) is 32.1 Å². The molecule has 104 valence electrons. The molecule has 1 fully saturated rings. The molecule has 0 saturated heterocycles.